The van der Waals surface area contributed by atoms with Crippen molar-refractivity contribution in [3.63, 3.8) is 0 Å². The highest BCUT2D eigenvalue weighted by molar-refractivity contribution is 8.06. The van der Waals surface area contributed by atoms with Crippen LogP contribution in [0.4, 0.5) is 0 Å². The van der Waals surface area contributed by atoms with Crippen LogP contribution in [0.5, 0.6) is 0 Å². The first-order valence-electron chi connectivity index (χ1n) is 3.50. The third-order valence-corrected chi connectivity index (χ3v) is 2.20. The SMILES string of the molecule is C=C(/C=C(\C)Cl)SC(=C)N(C)C. The predicted octanol–water partition coefficient (Wildman–Crippen LogP) is 3.41. The summed E-state index contributed by atoms with van der Waals surface area (Å²) in [6.07, 6.45) is 1.82. The molecule has 0 bridgehead atoms. The lowest BCUT2D eigenvalue weighted by Gasteiger charge is -2.14. The first kappa shape index (κ1) is 11.7. The van der Waals surface area contributed by atoms with E-state index in [1.807, 2.05) is 32.0 Å². The molecule has 0 fully saturated rings. The second kappa shape index (κ2) is 5.33. The Kier molecular flexibility index (Phi) is 5.18. The molecule has 0 unspecified atom stereocenters. The van der Waals surface area contributed by atoms with Crippen LogP contribution < -0.4 is 0 Å². The van der Waals surface area contributed by atoms with E-state index < -0.39 is 0 Å². The lowest BCUT2D eigenvalue weighted by Crippen LogP contribution is -2.06. The fourth-order valence-electron chi connectivity index (χ4n) is 0.494. The van der Waals surface area contributed by atoms with Crippen molar-refractivity contribution in [3.8, 4) is 0 Å². The van der Waals surface area contributed by atoms with Crippen LogP contribution in [0, 0.1) is 0 Å². The average Bonchev–Trinajstić information content (AvgIpc) is 1.84. The molecule has 0 N–H and O–H groups in total. The Bertz CT molecular complexity index is 215. The fourth-order valence-corrected chi connectivity index (χ4v) is 1.41. The first-order chi connectivity index (χ1) is 5.43. The van der Waals surface area contributed by atoms with E-state index >= 15 is 0 Å². The number of halogens is 1. The maximum absolute atomic E-state index is 5.68. The van der Waals surface area contributed by atoms with Crippen LogP contribution in [0.15, 0.2) is 34.2 Å². The largest absolute Gasteiger partial charge is 0.373 e. The summed E-state index contributed by atoms with van der Waals surface area (Å²) in [5.41, 5.74) is 0. The van der Waals surface area contributed by atoms with Gasteiger partial charge in [-0.2, -0.15) is 0 Å². The molecule has 12 heavy (non-hydrogen) atoms. The minimum absolute atomic E-state index is 0.735. The van der Waals surface area contributed by atoms with Crippen LogP contribution in [0.1, 0.15) is 6.92 Å². The molecule has 0 heterocycles. The molecule has 0 aliphatic rings. The van der Waals surface area contributed by atoms with Crippen molar-refractivity contribution in [2.24, 2.45) is 0 Å². The zero-order valence-electron chi connectivity index (χ0n) is 7.72. The van der Waals surface area contributed by atoms with Gasteiger partial charge >= 0.3 is 0 Å². The maximum Gasteiger partial charge on any atom is 0.0677 e. The Morgan fingerprint density at radius 2 is 1.92 bits per heavy atom. The topological polar surface area (TPSA) is 3.24 Å². The zero-order chi connectivity index (χ0) is 9.72. The molecule has 0 spiro atoms. The highest BCUT2D eigenvalue weighted by Crippen LogP contribution is 2.25. The van der Waals surface area contributed by atoms with Gasteiger partial charge in [0.2, 0.25) is 0 Å². The van der Waals surface area contributed by atoms with E-state index in [1.54, 1.807) is 0 Å². The van der Waals surface area contributed by atoms with Crippen LogP contribution in [0.25, 0.3) is 0 Å². The monoisotopic (exact) mass is 203 g/mol. The minimum atomic E-state index is 0.735. The maximum atomic E-state index is 5.68. The van der Waals surface area contributed by atoms with Gasteiger partial charge in [-0.1, -0.05) is 36.5 Å². The van der Waals surface area contributed by atoms with Gasteiger partial charge in [-0.3, -0.25) is 0 Å². The minimum Gasteiger partial charge on any atom is -0.373 e. The molecular formula is C9H14ClNS. The van der Waals surface area contributed by atoms with Gasteiger partial charge in [-0.05, 0) is 13.0 Å². The Morgan fingerprint density at radius 1 is 1.42 bits per heavy atom. The summed E-state index contributed by atoms with van der Waals surface area (Å²) in [7, 11) is 3.89. The lowest BCUT2D eigenvalue weighted by molar-refractivity contribution is 0.553. The van der Waals surface area contributed by atoms with E-state index in [2.05, 4.69) is 13.2 Å². The van der Waals surface area contributed by atoms with Crippen LogP contribution in [0.2, 0.25) is 0 Å². The quantitative estimate of drug-likeness (QED) is 0.645. The highest BCUT2D eigenvalue weighted by atomic mass is 35.5. The lowest BCUT2D eigenvalue weighted by atomic mass is 10.5. The van der Waals surface area contributed by atoms with Crippen molar-refractivity contribution in [1.82, 2.24) is 4.90 Å². The number of thioether (sulfide) groups is 1. The van der Waals surface area contributed by atoms with Gasteiger partial charge in [-0.15, -0.1) is 0 Å². The van der Waals surface area contributed by atoms with E-state index in [-0.39, 0.29) is 0 Å². The summed E-state index contributed by atoms with van der Waals surface area (Å²) >= 11 is 7.19. The van der Waals surface area contributed by atoms with Crippen LogP contribution >= 0.6 is 23.4 Å². The molecule has 0 saturated heterocycles. The highest BCUT2D eigenvalue weighted by Gasteiger charge is 1.98. The summed E-state index contributed by atoms with van der Waals surface area (Å²) in [5.74, 6) is 0. The Labute approximate surface area is 83.8 Å². The molecule has 0 aromatic rings. The summed E-state index contributed by atoms with van der Waals surface area (Å²) < 4.78 is 0. The molecule has 0 aromatic heterocycles. The van der Waals surface area contributed by atoms with Gasteiger partial charge in [-0.25, -0.2) is 0 Å². The van der Waals surface area contributed by atoms with Crippen molar-refractivity contribution in [1.29, 1.82) is 0 Å². The molecule has 0 radical (unpaired) electrons. The van der Waals surface area contributed by atoms with Crippen molar-refractivity contribution in [3.05, 3.63) is 34.2 Å². The summed E-state index contributed by atoms with van der Waals surface area (Å²) in [6, 6.07) is 0. The van der Waals surface area contributed by atoms with Gasteiger partial charge in [0, 0.05) is 24.0 Å². The number of hydrogen-bond donors (Lipinski definition) is 0. The molecule has 0 aliphatic heterocycles. The molecule has 1 nitrogen and oxygen atoms in total. The molecule has 0 aliphatic carbocycles. The molecule has 0 aromatic carbocycles. The Hall–Kier alpha value is -0.340. The van der Waals surface area contributed by atoms with E-state index in [4.69, 9.17) is 11.6 Å². The molecule has 0 rings (SSSR count). The number of rotatable bonds is 4. The van der Waals surface area contributed by atoms with Gasteiger partial charge < -0.3 is 4.90 Å². The molecule has 68 valence electrons. The van der Waals surface area contributed by atoms with Crippen molar-refractivity contribution >= 4 is 23.4 Å². The fraction of sp³-hybridized carbons (Fsp3) is 0.333. The van der Waals surface area contributed by atoms with Crippen LogP contribution in [-0.4, -0.2) is 19.0 Å². The predicted molar refractivity (Wildman–Crippen MR) is 59.2 cm³/mol. The second-order valence-electron chi connectivity index (χ2n) is 2.59. The zero-order valence-corrected chi connectivity index (χ0v) is 9.30. The summed E-state index contributed by atoms with van der Waals surface area (Å²) in [6.45, 7) is 9.51. The second-order valence-corrected chi connectivity index (χ2v) is 4.38. The standard InChI is InChI=1S/C9H14ClNS/c1-7(10)6-8(2)12-9(3)11(4)5/h6H,2-3H2,1,4-5H3/b7-6+. The van der Waals surface area contributed by atoms with Crippen molar-refractivity contribution < 1.29 is 0 Å². The normalized spacial score (nSPS) is 11.2. The Morgan fingerprint density at radius 3 is 2.25 bits per heavy atom. The van der Waals surface area contributed by atoms with Crippen molar-refractivity contribution in [2.45, 2.75) is 6.92 Å². The third kappa shape index (κ3) is 5.33. The Balaban J connectivity index is 4.03. The van der Waals surface area contributed by atoms with Crippen LogP contribution in [0.3, 0.4) is 0 Å². The number of allylic oxidation sites excluding steroid dienone is 2. The van der Waals surface area contributed by atoms with Gasteiger partial charge in [0.15, 0.2) is 0 Å². The molecule has 0 atom stereocenters. The van der Waals surface area contributed by atoms with E-state index in [0.29, 0.717) is 0 Å². The van der Waals surface area contributed by atoms with Gasteiger partial charge in [0.05, 0.1) is 5.03 Å². The van der Waals surface area contributed by atoms with E-state index in [0.717, 1.165) is 15.0 Å². The molecule has 0 saturated carbocycles. The van der Waals surface area contributed by atoms with E-state index in [9.17, 15) is 0 Å². The van der Waals surface area contributed by atoms with Crippen molar-refractivity contribution in [2.75, 3.05) is 14.1 Å². The molecular weight excluding hydrogens is 190 g/mol. The summed E-state index contributed by atoms with van der Waals surface area (Å²) in [4.78, 5) is 2.84. The molecule has 3 heteroatoms. The number of nitrogens with zero attached hydrogens (tertiary/aromatic N) is 1. The van der Waals surface area contributed by atoms with E-state index in [1.165, 1.54) is 11.8 Å². The van der Waals surface area contributed by atoms with Gasteiger partial charge in [0.25, 0.3) is 0 Å². The third-order valence-electron chi connectivity index (χ3n) is 1.11. The van der Waals surface area contributed by atoms with Gasteiger partial charge in [0.1, 0.15) is 0 Å². The number of hydrogen-bond acceptors (Lipinski definition) is 2. The summed E-state index contributed by atoms with van der Waals surface area (Å²) in [5, 5.41) is 1.69. The average molecular weight is 204 g/mol. The van der Waals surface area contributed by atoms with Crippen LogP contribution in [-0.2, 0) is 0 Å². The smallest absolute Gasteiger partial charge is 0.0677 e. The first-order valence-corrected chi connectivity index (χ1v) is 4.69. The molecule has 0 amide bonds.